The summed E-state index contributed by atoms with van der Waals surface area (Å²) in [5.41, 5.74) is -1.43. The van der Waals surface area contributed by atoms with Crippen molar-refractivity contribution in [2.45, 2.75) is 225 Å². The standard InChI is InChI=1S/C20H38O8.C19H36O9/c1-9-11(21)14(24)16(17(26-9)20(5,6)7)28-18-15(25)13(23)12(22)10(27-18)8-19(2,3)4;1-18(2,3)7-8-9(20)10(21)13(24)17(26-8)27-14-11(22)12(23)16(25)28-15(14)19(4,5)6/h9-18,21-25H,8H2,1-7H3;8-17,20-25H,7H2,1-6H3. The van der Waals surface area contributed by atoms with E-state index in [0.717, 1.165) is 0 Å². The quantitative estimate of drug-likeness (QED) is 0.158. The molecule has 0 aromatic carbocycles. The van der Waals surface area contributed by atoms with Gasteiger partial charge in [-0.1, -0.05) is 83.1 Å². The number of aliphatic hydroxyl groups excluding tert-OH is 11. The Labute approximate surface area is 331 Å². The van der Waals surface area contributed by atoms with Crippen molar-refractivity contribution >= 4 is 0 Å². The Morgan fingerprint density at radius 1 is 0.393 bits per heavy atom. The molecule has 20 unspecified atom stereocenters. The molecule has 17 nitrogen and oxygen atoms in total. The fraction of sp³-hybridized carbons (Fsp3) is 1.00. The van der Waals surface area contributed by atoms with Crippen molar-refractivity contribution in [1.82, 2.24) is 0 Å². The van der Waals surface area contributed by atoms with Crippen LogP contribution >= 0.6 is 0 Å². The molecule has 0 bridgehead atoms. The largest absolute Gasteiger partial charge is 0.388 e. The third kappa shape index (κ3) is 12.2. The molecule has 0 saturated carbocycles. The van der Waals surface area contributed by atoms with Gasteiger partial charge in [0.15, 0.2) is 18.9 Å². The second-order valence-corrected chi connectivity index (χ2v) is 20.7. The highest BCUT2D eigenvalue weighted by atomic mass is 16.7. The zero-order chi connectivity index (χ0) is 43.2. The van der Waals surface area contributed by atoms with E-state index in [1.807, 2.05) is 83.1 Å². The van der Waals surface area contributed by atoms with Crippen LogP contribution in [0.5, 0.6) is 0 Å². The summed E-state index contributed by atoms with van der Waals surface area (Å²) < 4.78 is 34.6. The summed E-state index contributed by atoms with van der Waals surface area (Å²) in [6.07, 6.45) is -23.2. The van der Waals surface area contributed by atoms with E-state index in [9.17, 15) is 56.2 Å². The lowest BCUT2D eigenvalue weighted by molar-refractivity contribution is -0.361. The second-order valence-electron chi connectivity index (χ2n) is 20.7. The number of aliphatic hydroxyl groups is 11. The predicted molar refractivity (Wildman–Crippen MR) is 199 cm³/mol. The van der Waals surface area contributed by atoms with E-state index in [-0.39, 0.29) is 10.8 Å². The predicted octanol–water partition coefficient (Wildman–Crippen LogP) is -0.729. The van der Waals surface area contributed by atoms with Crippen LogP contribution in [0.3, 0.4) is 0 Å². The molecule has 4 heterocycles. The topological polar surface area (TPSA) is 278 Å². The van der Waals surface area contributed by atoms with Crippen LogP contribution in [0.15, 0.2) is 0 Å². The molecular formula is C39H74O17. The lowest BCUT2D eigenvalue weighted by Crippen LogP contribution is -2.65. The highest BCUT2D eigenvalue weighted by molar-refractivity contribution is 5.00. The van der Waals surface area contributed by atoms with Gasteiger partial charge in [-0.3, -0.25) is 0 Å². The highest BCUT2D eigenvalue weighted by Gasteiger charge is 2.54. The first-order valence-electron chi connectivity index (χ1n) is 19.7. The minimum atomic E-state index is -1.61. The number of ether oxygens (including phenoxy) is 6. The van der Waals surface area contributed by atoms with Crippen molar-refractivity contribution in [1.29, 1.82) is 0 Å². The summed E-state index contributed by atoms with van der Waals surface area (Å²) in [6.45, 7) is 24.6. The molecule has 4 fully saturated rings. The van der Waals surface area contributed by atoms with Gasteiger partial charge in [-0.2, -0.15) is 0 Å². The van der Waals surface area contributed by atoms with Crippen LogP contribution in [0.1, 0.15) is 103 Å². The van der Waals surface area contributed by atoms with Crippen molar-refractivity contribution in [3.63, 3.8) is 0 Å². The van der Waals surface area contributed by atoms with E-state index in [4.69, 9.17) is 28.4 Å². The summed E-state index contributed by atoms with van der Waals surface area (Å²) in [6, 6.07) is 0. The van der Waals surface area contributed by atoms with Crippen LogP contribution < -0.4 is 0 Å². The Bertz CT molecular complexity index is 1120. The molecule has 332 valence electrons. The smallest absolute Gasteiger partial charge is 0.187 e. The fourth-order valence-corrected chi connectivity index (χ4v) is 7.50. The van der Waals surface area contributed by atoms with Crippen LogP contribution in [-0.4, -0.2) is 179 Å². The van der Waals surface area contributed by atoms with Crippen LogP contribution in [0.2, 0.25) is 0 Å². The first-order chi connectivity index (χ1) is 25.3. The van der Waals surface area contributed by atoms with Crippen LogP contribution in [0.25, 0.3) is 0 Å². The van der Waals surface area contributed by atoms with Crippen molar-refractivity contribution in [3.05, 3.63) is 0 Å². The van der Waals surface area contributed by atoms with Gasteiger partial charge in [0, 0.05) is 0 Å². The molecule has 4 rings (SSSR count). The van der Waals surface area contributed by atoms with Crippen molar-refractivity contribution in [2.75, 3.05) is 0 Å². The fourth-order valence-electron chi connectivity index (χ4n) is 7.50. The van der Waals surface area contributed by atoms with Crippen LogP contribution in [0.4, 0.5) is 0 Å². The highest BCUT2D eigenvalue weighted by Crippen LogP contribution is 2.39. The Kier molecular flexibility index (Phi) is 16.4. The van der Waals surface area contributed by atoms with Crippen LogP contribution in [0, 0.1) is 21.7 Å². The number of hydrogen-bond donors (Lipinski definition) is 11. The van der Waals surface area contributed by atoms with Gasteiger partial charge >= 0.3 is 0 Å². The number of hydrogen-bond acceptors (Lipinski definition) is 17. The van der Waals surface area contributed by atoms with Gasteiger partial charge < -0.3 is 84.6 Å². The van der Waals surface area contributed by atoms with Gasteiger partial charge in [0.2, 0.25) is 0 Å². The van der Waals surface area contributed by atoms with E-state index >= 15 is 0 Å². The Balaban J connectivity index is 0.000000300. The van der Waals surface area contributed by atoms with Gasteiger partial charge in [-0.25, -0.2) is 0 Å². The summed E-state index contributed by atoms with van der Waals surface area (Å²) in [7, 11) is 0. The molecule has 17 heteroatoms. The summed E-state index contributed by atoms with van der Waals surface area (Å²) in [4.78, 5) is 0. The molecular weight excluding hydrogens is 740 g/mol. The Morgan fingerprint density at radius 2 is 0.732 bits per heavy atom. The maximum atomic E-state index is 10.6. The molecule has 0 spiro atoms. The molecule has 0 aliphatic carbocycles. The van der Waals surface area contributed by atoms with Gasteiger partial charge in [0.25, 0.3) is 0 Å². The minimum absolute atomic E-state index is 0.189. The van der Waals surface area contributed by atoms with Gasteiger partial charge in [-0.05, 0) is 41.4 Å². The maximum absolute atomic E-state index is 10.6. The van der Waals surface area contributed by atoms with E-state index in [1.165, 1.54) is 0 Å². The molecule has 20 atom stereocenters. The Morgan fingerprint density at radius 3 is 1.07 bits per heavy atom. The maximum Gasteiger partial charge on any atom is 0.187 e. The molecule has 4 aliphatic rings. The van der Waals surface area contributed by atoms with Gasteiger partial charge in [-0.15, -0.1) is 0 Å². The molecule has 11 N–H and O–H groups in total. The molecule has 0 radical (unpaired) electrons. The summed E-state index contributed by atoms with van der Waals surface area (Å²) in [5.74, 6) is 0. The molecule has 0 aromatic rings. The minimum Gasteiger partial charge on any atom is -0.388 e. The lowest BCUT2D eigenvalue weighted by Gasteiger charge is -2.49. The van der Waals surface area contributed by atoms with Gasteiger partial charge in [0.1, 0.15) is 73.2 Å². The van der Waals surface area contributed by atoms with Crippen molar-refractivity contribution in [2.24, 2.45) is 21.7 Å². The molecule has 0 amide bonds. The average Bonchev–Trinajstić information content (AvgIpc) is 3.05. The second kappa shape index (κ2) is 18.5. The average molecular weight is 815 g/mol. The molecule has 4 aliphatic heterocycles. The lowest BCUT2D eigenvalue weighted by atomic mass is 9.80. The first kappa shape index (κ1) is 49.7. The third-order valence-electron chi connectivity index (χ3n) is 10.6. The molecule has 0 aromatic heterocycles. The SMILES string of the molecule is CC(C)(C)CC1OC(OC2C(O)C(O)C(O)OC2C(C)(C)C)C(O)C(O)C1O.CC1OC(C(C)(C)C)C(OC2OC(CC(C)(C)C)C(O)C(O)C2O)C(O)C1O. The zero-order valence-corrected chi connectivity index (χ0v) is 35.3. The van der Waals surface area contributed by atoms with E-state index in [2.05, 4.69) is 0 Å². The monoisotopic (exact) mass is 814 g/mol. The van der Waals surface area contributed by atoms with Crippen LogP contribution in [-0.2, 0) is 28.4 Å². The van der Waals surface area contributed by atoms with Gasteiger partial charge in [0.05, 0.1) is 30.5 Å². The molecule has 4 saturated heterocycles. The summed E-state index contributed by atoms with van der Waals surface area (Å²) >= 11 is 0. The summed E-state index contributed by atoms with van der Waals surface area (Å²) in [5, 5.41) is 113. The number of rotatable bonds is 6. The van der Waals surface area contributed by atoms with E-state index < -0.39 is 133 Å². The zero-order valence-electron chi connectivity index (χ0n) is 35.3. The van der Waals surface area contributed by atoms with E-state index in [1.54, 1.807) is 6.92 Å². The molecule has 56 heavy (non-hydrogen) atoms. The first-order valence-corrected chi connectivity index (χ1v) is 19.7. The third-order valence-corrected chi connectivity index (χ3v) is 10.6. The normalized spacial score (nSPS) is 45.9. The van der Waals surface area contributed by atoms with Crippen molar-refractivity contribution in [3.8, 4) is 0 Å². The van der Waals surface area contributed by atoms with Crippen molar-refractivity contribution < 1.29 is 84.6 Å². The van der Waals surface area contributed by atoms with E-state index in [0.29, 0.717) is 12.8 Å². The Hall–Kier alpha value is -0.680.